The van der Waals surface area contributed by atoms with Crippen LogP contribution in [0, 0.1) is 0 Å². The quantitative estimate of drug-likeness (QED) is 0.847. The average molecular weight is 238 g/mol. The normalized spacial score (nSPS) is 10.1. The average Bonchev–Trinajstić information content (AvgIpc) is 2.46. The van der Waals surface area contributed by atoms with E-state index in [1.54, 1.807) is 0 Å². The zero-order valence-corrected chi connectivity index (χ0v) is 10.7. The van der Waals surface area contributed by atoms with Crippen molar-refractivity contribution in [3.05, 3.63) is 66.5 Å². The summed E-state index contributed by atoms with van der Waals surface area (Å²) >= 11 is 0. The number of anilines is 1. The van der Waals surface area contributed by atoms with E-state index >= 15 is 0 Å². The Hall–Kier alpha value is -2.09. The van der Waals surface area contributed by atoms with Gasteiger partial charge in [-0.25, -0.2) is 0 Å². The van der Waals surface area contributed by atoms with Gasteiger partial charge in [-0.2, -0.15) is 0 Å². The molecule has 0 aliphatic carbocycles. The maximum atomic E-state index is 4.42. The van der Waals surface area contributed by atoms with Gasteiger partial charge < -0.3 is 5.32 Å². The van der Waals surface area contributed by atoms with Crippen molar-refractivity contribution in [2.75, 3.05) is 5.32 Å². The van der Waals surface area contributed by atoms with Gasteiger partial charge >= 0.3 is 0 Å². The van der Waals surface area contributed by atoms with E-state index in [9.17, 15) is 0 Å². The Morgan fingerprint density at radius 2 is 1.94 bits per heavy atom. The van der Waals surface area contributed by atoms with Crippen LogP contribution in [0.1, 0.15) is 24.6 Å². The fraction of sp³-hybridized carbons (Fsp3) is 0.188. The van der Waals surface area contributed by atoms with Gasteiger partial charge in [-0.15, -0.1) is 0 Å². The van der Waals surface area contributed by atoms with Crippen molar-refractivity contribution in [1.82, 2.24) is 4.98 Å². The maximum Gasteiger partial charge on any atom is 0.0655 e. The van der Waals surface area contributed by atoms with Crippen LogP contribution in [0.2, 0.25) is 0 Å². The molecular formula is C16H18N2. The maximum absolute atomic E-state index is 4.42. The van der Waals surface area contributed by atoms with Crippen LogP contribution in [0.3, 0.4) is 0 Å². The van der Waals surface area contributed by atoms with Gasteiger partial charge in [0.1, 0.15) is 0 Å². The summed E-state index contributed by atoms with van der Waals surface area (Å²) in [5.74, 6) is 0. The van der Waals surface area contributed by atoms with Crippen LogP contribution < -0.4 is 5.32 Å². The van der Waals surface area contributed by atoms with Crippen molar-refractivity contribution in [2.45, 2.75) is 19.9 Å². The lowest BCUT2D eigenvalue weighted by atomic mass is 10.1. The molecule has 1 N–H and O–H groups in total. The molecule has 0 bridgehead atoms. The minimum atomic E-state index is 0.788. The molecule has 0 aliphatic rings. The summed E-state index contributed by atoms with van der Waals surface area (Å²) in [6.07, 6.45) is 2.85. The minimum Gasteiger partial charge on any atom is -0.381 e. The number of pyridine rings is 1. The number of aromatic nitrogens is 1. The number of para-hydroxylation sites is 1. The van der Waals surface area contributed by atoms with E-state index in [-0.39, 0.29) is 0 Å². The van der Waals surface area contributed by atoms with Crippen LogP contribution in [0.25, 0.3) is 5.57 Å². The lowest BCUT2D eigenvalue weighted by Crippen LogP contribution is -2.00. The molecule has 2 heteroatoms. The second-order valence-corrected chi connectivity index (χ2v) is 4.23. The molecule has 2 aromatic rings. The third-order valence-electron chi connectivity index (χ3n) is 2.88. The van der Waals surface area contributed by atoms with Gasteiger partial charge in [-0.05, 0) is 35.8 Å². The molecule has 1 aromatic carbocycles. The highest BCUT2D eigenvalue weighted by Crippen LogP contribution is 2.14. The fourth-order valence-electron chi connectivity index (χ4n) is 1.68. The Balaban J connectivity index is 1.97. The zero-order valence-electron chi connectivity index (χ0n) is 10.7. The SMILES string of the molecule is C=C(CC)c1ccc(CNc2ccccc2)cn1. The second kappa shape index (κ2) is 6.01. The molecule has 2 rings (SSSR count). The van der Waals surface area contributed by atoms with Crippen molar-refractivity contribution in [3.8, 4) is 0 Å². The number of hydrogen-bond acceptors (Lipinski definition) is 2. The van der Waals surface area contributed by atoms with Crippen LogP contribution in [0.15, 0.2) is 55.2 Å². The van der Waals surface area contributed by atoms with Gasteiger partial charge in [0, 0.05) is 18.4 Å². The number of benzene rings is 1. The molecule has 0 unspecified atom stereocenters. The molecule has 0 saturated heterocycles. The summed E-state index contributed by atoms with van der Waals surface area (Å²) in [6.45, 7) is 6.87. The molecule has 0 fully saturated rings. The lowest BCUT2D eigenvalue weighted by molar-refractivity contribution is 1.09. The van der Waals surface area contributed by atoms with E-state index in [0.29, 0.717) is 0 Å². The third-order valence-corrected chi connectivity index (χ3v) is 2.88. The highest BCUT2D eigenvalue weighted by Gasteiger charge is 1.99. The first-order valence-electron chi connectivity index (χ1n) is 6.21. The number of rotatable bonds is 5. The van der Waals surface area contributed by atoms with E-state index in [1.165, 1.54) is 5.56 Å². The van der Waals surface area contributed by atoms with Crippen LogP contribution in [0.5, 0.6) is 0 Å². The molecule has 0 atom stereocenters. The minimum absolute atomic E-state index is 0.788. The Bertz CT molecular complexity index is 500. The Morgan fingerprint density at radius 3 is 2.56 bits per heavy atom. The van der Waals surface area contributed by atoms with Crippen LogP contribution >= 0.6 is 0 Å². The zero-order chi connectivity index (χ0) is 12.8. The van der Waals surface area contributed by atoms with Gasteiger partial charge in [-0.3, -0.25) is 4.98 Å². The van der Waals surface area contributed by atoms with E-state index in [2.05, 4.69) is 42.0 Å². The molecule has 0 amide bonds. The number of hydrogen-bond donors (Lipinski definition) is 1. The largest absolute Gasteiger partial charge is 0.381 e. The van der Waals surface area contributed by atoms with Gasteiger partial charge in [0.15, 0.2) is 0 Å². The molecule has 1 aromatic heterocycles. The van der Waals surface area contributed by atoms with E-state index in [4.69, 9.17) is 0 Å². The molecular weight excluding hydrogens is 220 g/mol. The summed E-state index contributed by atoms with van der Waals surface area (Å²) in [6, 6.07) is 14.3. The summed E-state index contributed by atoms with van der Waals surface area (Å²) in [7, 11) is 0. The summed E-state index contributed by atoms with van der Waals surface area (Å²) < 4.78 is 0. The molecule has 0 saturated carbocycles. The number of nitrogens with zero attached hydrogens (tertiary/aromatic N) is 1. The number of allylic oxidation sites excluding steroid dienone is 1. The van der Waals surface area contributed by atoms with Gasteiger partial charge in [0.2, 0.25) is 0 Å². The summed E-state index contributed by atoms with van der Waals surface area (Å²) in [4.78, 5) is 4.42. The lowest BCUT2D eigenvalue weighted by Gasteiger charge is -2.07. The monoisotopic (exact) mass is 238 g/mol. The first kappa shape index (κ1) is 12.4. The third kappa shape index (κ3) is 3.20. The highest BCUT2D eigenvalue weighted by molar-refractivity contribution is 5.59. The van der Waals surface area contributed by atoms with E-state index in [0.717, 1.165) is 29.9 Å². The smallest absolute Gasteiger partial charge is 0.0655 e. The van der Waals surface area contributed by atoms with Crippen molar-refractivity contribution in [1.29, 1.82) is 0 Å². The summed E-state index contributed by atoms with van der Waals surface area (Å²) in [5, 5.41) is 3.36. The molecule has 0 spiro atoms. The molecule has 92 valence electrons. The van der Waals surface area contributed by atoms with Crippen LogP contribution in [0.4, 0.5) is 5.69 Å². The standard InChI is InChI=1S/C16H18N2/c1-3-13(2)16-10-9-14(12-18-16)11-17-15-7-5-4-6-8-15/h4-10,12,17H,2-3,11H2,1H3. The molecule has 0 aliphatic heterocycles. The van der Waals surface area contributed by atoms with Gasteiger partial charge in [0.05, 0.1) is 5.69 Å². The summed E-state index contributed by atoms with van der Waals surface area (Å²) in [5.41, 5.74) is 4.37. The fourth-order valence-corrected chi connectivity index (χ4v) is 1.68. The second-order valence-electron chi connectivity index (χ2n) is 4.23. The number of nitrogens with one attached hydrogen (secondary N) is 1. The first-order chi connectivity index (χ1) is 8.79. The molecule has 18 heavy (non-hydrogen) atoms. The predicted octanol–water partition coefficient (Wildman–Crippen LogP) is 4.12. The van der Waals surface area contributed by atoms with Crippen LogP contribution in [-0.4, -0.2) is 4.98 Å². The predicted molar refractivity (Wildman–Crippen MR) is 77.3 cm³/mol. The van der Waals surface area contributed by atoms with Crippen molar-refractivity contribution >= 4 is 11.3 Å². The van der Waals surface area contributed by atoms with E-state index in [1.807, 2.05) is 30.5 Å². The van der Waals surface area contributed by atoms with E-state index < -0.39 is 0 Å². The molecule has 2 nitrogen and oxygen atoms in total. The van der Waals surface area contributed by atoms with Crippen molar-refractivity contribution in [3.63, 3.8) is 0 Å². The molecule has 1 heterocycles. The topological polar surface area (TPSA) is 24.9 Å². The van der Waals surface area contributed by atoms with Gasteiger partial charge in [-0.1, -0.05) is 37.8 Å². The molecule has 0 radical (unpaired) electrons. The Labute approximate surface area is 108 Å². The van der Waals surface area contributed by atoms with Crippen LogP contribution in [-0.2, 0) is 6.54 Å². The first-order valence-corrected chi connectivity index (χ1v) is 6.21. The van der Waals surface area contributed by atoms with Crippen molar-refractivity contribution in [2.24, 2.45) is 0 Å². The van der Waals surface area contributed by atoms with Gasteiger partial charge in [0.25, 0.3) is 0 Å². The highest BCUT2D eigenvalue weighted by atomic mass is 14.9. The Morgan fingerprint density at radius 1 is 1.17 bits per heavy atom. The van der Waals surface area contributed by atoms with Crippen molar-refractivity contribution < 1.29 is 0 Å². The Kier molecular flexibility index (Phi) is 4.13.